The van der Waals surface area contributed by atoms with Gasteiger partial charge in [0.15, 0.2) is 0 Å². The quantitative estimate of drug-likeness (QED) is 0.365. The SMILES string of the molecule is CC1=NN(c2ccc(S(=O)(=O)[O-])cc2)C(=O)/C1=C/C=C/c1ccc(N(C)C)cc1.[K+]. The van der Waals surface area contributed by atoms with Crippen molar-refractivity contribution in [1.29, 1.82) is 0 Å². The first-order valence-electron chi connectivity index (χ1n) is 8.78. The minimum absolute atomic E-state index is 0. The summed E-state index contributed by atoms with van der Waals surface area (Å²) >= 11 is 0. The van der Waals surface area contributed by atoms with Crippen LogP contribution in [-0.4, -0.2) is 38.7 Å². The summed E-state index contributed by atoms with van der Waals surface area (Å²) in [5.74, 6) is -0.326. The minimum atomic E-state index is -4.54. The monoisotopic (exact) mass is 449 g/mol. The topological polar surface area (TPSA) is 93.1 Å². The summed E-state index contributed by atoms with van der Waals surface area (Å²) in [5, 5.41) is 5.42. The predicted molar refractivity (Wildman–Crippen MR) is 113 cm³/mol. The summed E-state index contributed by atoms with van der Waals surface area (Å²) in [4.78, 5) is 14.3. The van der Waals surface area contributed by atoms with Gasteiger partial charge in [0, 0.05) is 19.8 Å². The number of hydrogen-bond acceptors (Lipinski definition) is 6. The van der Waals surface area contributed by atoms with Crippen LogP contribution in [0.4, 0.5) is 11.4 Å². The van der Waals surface area contributed by atoms with Crippen LogP contribution >= 0.6 is 0 Å². The van der Waals surface area contributed by atoms with Gasteiger partial charge in [-0.1, -0.05) is 24.3 Å². The molecular formula is C21H20KN3O4S. The first-order chi connectivity index (χ1) is 13.7. The van der Waals surface area contributed by atoms with Gasteiger partial charge in [-0.3, -0.25) is 4.79 Å². The van der Waals surface area contributed by atoms with E-state index in [9.17, 15) is 17.8 Å². The molecule has 30 heavy (non-hydrogen) atoms. The summed E-state index contributed by atoms with van der Waals surface area (Å²) in [7, 11) is -0.588. The van der Waals surface area contributed by atoms with Crippen molar-refractivity contribution in [3.8, 4) is 0 Å². The molecule has 1 amide bonds. The van der Waals surface area contributed by atoms with Crippen molar-refractivity contribution < 1.29 is 69.1 Å². The molecule has 3 rings (SSSR count). The normalized spacial score (nSPS) is 15.5. The van der Waals surface area contributed by atoms with Crippen molar-refractivity contribution in [3.05, 3.63) is 71.8 Å². The van der Waals surface area contributed by atoms with Gasteiger partial charge in [0.1, 0.15) is 10.1 Å². The molecule has 2 aromatic rings. The van der Waals surface area contributed by atoms with Gasteiger partial charge in [0.05, 0.1) is 21.9 Å². The number of hydrogen-bond donors (Lipinski definition) is 0. The molecule has 0 spiro atoms. The van der Waals surface area contributed by atoms with Crippen LogP contribution in [0.2, 0.25) is 0 Å². The van der Waals surface area contributed by atoms with E-state index in [-0.39, 0.29) is 62.2 Å². The molecule has 0 aromatic heterocycles. The molecule has 0 saturated heterocycles. The van der Waals surface area contributed by atoms with E-state index in [1.165, 1.54) is 17.1 Å². The Labute approximate surface area is 218 Å². The Morgan fingerprint density at radius 3 is 2.17 bits per heavy atom. The second kappa shape index (κ2) is 10.1. The molecule has 0 unspecified atom stereocenters. The third kappa shape index (κ3) is 5.76. The fraction of sp³-hybridized carbons (Fsp3) is 0.143. The Bertz CT molecular complexity index is 1120. The molecule has 2 aromatic carbocycles. The summed E-state index contributed by atoms with van der Waals surface area (Å²) in [5.41, 5.74) is 3.46. The number of allylic oxidation sites excluding steroid dienone is 2. The zero-order valence-corrected chi connectivity index (χ0v) is 21.2. The molecule has 1 heterocycles. The molecule has 1 aliphatic heterocycles. The molecule has 0 bridgehead atoms. The number of benzene rings is 2. The molecule has 0 fully saturated rings. The summed E-state index contributed by atoms with van der Waals surface area (Å²) < 4.78 is 33.1. The van der Waals surface area contributed by atoms with Gasteiger partial charge in [-0.15, -0.1) is 0 Å². The zero-order chi connectivity index (χ0) is 21.2. The third-order valence-corrected chi connectivity index (χ3v) is 5.24. The standard InChI is InChI=1S/C21H21N3O4S.K/c1-15-20(6-4-5-16-7-9-17(10-8-16)23(2)3)21(25)24(22-15)18-11-13-19(14-12-18)29(26,27)28;/h4-14H,1-3H3,(H,26,27,28);/q;+1/p-1/b5-4+,20-6+;. The van der Waals surface area contributed by atoms with Crippen molar-refractivity contribution in [3.63, 3.8) is 0 Å². The number of hydrazone groups is 1. The maximum absolute atomic E-state index is 12.7. The van der Waals surface area contributed by atoms with Gasteiger partial charge in [0.2, 0.25) is 0 Å². The first kappa shape index (κ1) is 24.7. The number of anilines is 2. The van der Waals surface area contributed by atoms with Crippen LogP contribution in [-0.2, 0) is 14.9 Å². The maximum atomic E-state index is 12.7. The summed E-state index contributed by atoms with van der Waals surface area (Å²) in [6, 6.07) is 13.1. The van der Waals surface area contributed by atoms with Crippen molar-refractivity contribution in [2.75, 3.05) is 24.0 Å². The smallest absolute Gasteiger partial charge is 0.744 e. The molecule has 0 N–H and O–H groups in total. The predicted octanol–water partition coefficient (Wildman–Crippen LogP) is 0.0230. The Hall–Kier alpha value is -1.59. The Morgan fingerprint density at radius 1 is 1.03 bits per heavy atom. The molecule has 0 atom stereocenters. The minimum Gasteiger partial charge on any atom is -0.744 e. The average molecular weight is 450 g/mol. The number of carbonyl (C=O) groups excluding carboxylic acids is 1. The average Bonchev–Trinajstić information content (AvgIpc) is 2.96. The van der Waals surface area contributed by atoms with E-state index < -0.39 is 10.1 Å². The molecule has 9 heteroatoms. The molecule has 0 aliphatic carbocycles. The summed E-state index contributed by atoms with van der Waals surface area (Å²) in [6.07, 6.45) is 5.37. The van der Waals surface area contributed by atoms with Gasteiger partial charge in [-0.25, -0.2) is 8.42 Å². The fourth-order valence-electron chi connectivity index (χ4n) is 2.78. The van der Waals surface area contributed by atoms with Crippen LogP contribution < -0.4 is 61.3 Å². The fourth-order valence-corrected chi connectivity index (χ4v) is 3.25. The Balaban J connectivity index is 0.00000320. The van der Waals surface area contributed by atoms with E-state index in [0.717, 1.165) is 23.4 Å². The van der Waals surface area contributed by atoms with Crippen molar-refractivity contribution in [2.24, 2.45) is 5.10 Å². The van der Waals surface area contributed by atoms with Crippen molar-refractivity contribution >= 4 is 39.2 Å². The molecule has 0 radical (unpaired) electrons. The largest absolute Gasteiger partial charge is 1.00 e. The Kier molecular flexibility index (Phi) is 8.34. The van der Waals surface area contributed by atoms with Gasteiger partial charge in [0.25, 0.3) is 5.91 Å². The van der Waals surface area contributed by atoms with E-state index in [2.05, 4.69) is 5.10 Å². The number of carbonyl (C=O) groups is 1. The van der Waals surface area contributed by atoms with Crippen LogP contribution in [0.5, 0.6) is 0 Å². The maximum Gasteiger partial charge on any atom is 1.00 e. The second-order valence-electron chi connectivity index (χ2n) is 6.68. The van der Waals surface area contributed by atoms with E-state index in [1.807, 2.05) is 49.3 Å². The van der Waals surface area contributed by atoms with Crippen LogP contribution in [0.25, 0.3) is 6.08 Å². The molecule has 0 saturated carbocycles. The van der Waals surface area contributed by atoms with Gasteiger partial charge in [-0.05, 0) is 55.0 Å². The number of nitrogens with zero attached hydrogens (tertiary/aromatic N) is 3. The van der Waals surface area contributed by atoms with E-state index in [4.69, 9.17) is 0 Å². The number of amides is 1. The van der Waals surface area contributed by atoms with Gasteiger partial charge < -0.3 is 9.45 Å². The van der Waals surface area contributed by atoms with E-state index in [0.29, 0.717) is 17.0 Å². The molecule has 150 valence electrons. The second-order valence-corrected chi connectivity index (χ2v) is 8.06. The van der Waals surface area contributed by atoms with Crippen LogP contribution in [0.1, 0.15) is 12.5 Å². The molecule has 7 nitrogen and oxygen atoms in total. The van der Waals surface area contributed by atoms with Crippen molar-refractivity contribution in [2.45, 2.75) is 11.8 Å². The molecular weight excluding hydrogens is 429 g/mol. The zero-order valence-electron chi connectivity index (χ0n) is 17.2. The molecule has 1 aliphatic rings. The third-order valence-electron chi connectivity index (χ3n) is 4.39. The van der Waals surface area contributed by atoms with Crippen LogP contribution in [0, 0.1) is 0 Å². The van der Waals surface area contributed by atoms with Crippen molar-refractivity contribution in [1.82, 2.24) is 0 Å². The van der Waals surface area contributed by atoms with Crippen LogP contribution in [0.15, 0.2) is 76.3 Å². The van der Waals surface area contributed by atoms with E-state index in [1.54, 1.807) is 19.1 Å². The Morgan fingerprint density at radius 2 is 1.63 bits per heavy atom. The first-order valence-corrected chi connectivity index (χ1v) is 10.2. The summed E-state index contributed by atoms with van der Waals surface area (Å²) in [6.45, 7) is 1.72. The van der Waals surface area contributed by atoms with Crippen LogP contribution in [0.3, 0.4) is 0 Å². The van der Waals surface area contributed by atoms with Gasteiger partial charge >= 0.3 is 51.4 Å². The van der Waals surface area contributed by atoms with Gasteiger partial charge in [-0.2, -0.15) is 10.1 Å². The number of rotatable bonds is 5. The van der Waals surface area contributed by atoms with E-state index >= 15 is 0 Å².